The maximum atomic E-state index is 14.2. The van der Waals surface area contributed by atoms with Crippen molar-refractivity contribution in [1.82, 2.24) is 41.2 Å². The summed E-state index contributed by atoms with van der Waals surface area (Å²) >= 11 is 0. The average molecular weight is 567 g/mol. The number of hydrogen-bond acceptors (Lipinski definition) is 7. The third-order valence-corrected chi connectivity index (χ3v) is 7.22. The lowest BCUT2D eigenvalue weighted by Crippen LogP contribution is -2.31. The number of benzene rings is 3. The molecule has 1 atom stereocenters. The predicted molar refractivity (Wildman–Crippen MR) is 147 cm³/mol. The Hall–Kier alpha value is -5.39. The van der Waals surface area contributed by atoms with Crippen molar-refractivity contribution in [2.75, 3.05) is 0 Å². The third kappa shape index (κ3) is 5.46. The van der Waals surface area contributed by atoms with E-state index in [1.165, 1.54) is 24.3 Å². The van der Waals surface area contributed by atoms with Crippen LogP contribution >= 0.6 is 0 Å². The number of halogens is 2. The van der Waals surface area contributed by atoms with Gasteiger partial charge in [-0.25, -0.2) is 18.7 Å². The zero-order valence-corrected chi connectivity index (χ0v) is 22.4. The first-order chi connectivity index (χ1) is 20.4. The van der Waals surface area contributed by atoms with Crippen LogP contribution in [0.15, 0.2) is 67.0 Å². The summed E-state index contributed by atoms with van der Waals surface area (Å²) in [5, 5.41) is 19.9. The molecule has 1 aliphatic rings. The number of H-pyrrole nitrogens is 1. The van der Waals surface area contributed by atoms with Gasteiger partial charge in [-0.3, -0.25) is 9.59 Å². The minimum Gasteiger partial charge on any atom is -0.347 e. The first kappa shape index (κ1) is 26.8. The van der Waals surface area contributed by atoms with E-state index >= 15 is 0 Å². The van der Waals surface area contributed by atoms with Gasteiger partial charge >= 0.3 is 0 Å². The lowest BCUT2D eigenvalue weighted by molar-refractivity contribution is 0.0937. The quantitative estimate of drug-likeness (QED) is 0.284. The van der Waals surface area contributed by atoms with E-state index in [-0.39, 0.29) is 29.6 Å². The molecule has 2 aromatic heterocycles. The minimum atomic E-state index is -0.612. The van der Waals surface area contributed by atoms with E-state index in [0.717, 1.165) is 39.7 Å². The maximum Gasteiger partial charge on any atom is 0.270 e. The zero-order chi connectivity index (χ0) is 29.2. The number of carbonyl (C=O) groups excluding carboxylic acids is 2. The Morgan fingerprint density at radius 1 is 0.905 bits per heavy atom. The molecule has 210 valence electrons. The number of amides is 2. The van der Waals surface area contributed by atoms with Gasteiger partial charge in [0.05, 0.1) is 6.04 Å². The van der Waals surface area contributed by atoms with Crippen molar-refractivity contribution >= 4 is 11.8 Å². The largest absolute Gasteiger partial charge is 0.347 e. The topological polar surface area (TPSA) is 138 Å². The molecule has 0 saturated heterocycles. The average Bonchev–Trinajstić information content (AvgIpc) is 3.50. The summed E-state index contributed by atoms with van der Waals surface area (Å²) in [6.07, 6.45) is 2.32. The number of nitrogens with one attached hydrogen (secondary N) is 3. The highest BCUT2D eigenvalue weighted by Crippen LogP contribution is 2.35. The van der Waals surface area contributed by atoms with Crippen LogP contribution < -0.4 is 10.6 Å². The molecule has 10 nitrogen and oxygen atoms in total. The summed E-state index contributed by atoms with van der Waals surface area (Å²) < 4.78 is 27.8. The number of aromatic nitrogens is 6. The zero-order valence-electron chi connectivity index (χ0n) is 22.4. The number of tetrazole rings is 1. The Balaban J connectivity index is 1.26. The smallest absolute Gasteiger partial charge is 0.270 e. The number of rotatable bonds is 6. The normalized spacial score (nSPS) is 13.9. The van der Waals surface area contributed by atoms with Crippen LogP contribution in [0.5, 0.6) is 0 Å². The van der Waals surface area contributed by atoms with Crippen molar-refractivity contribution in [3.8, 4) is 11.4 Å². The summed E-state index contributed by atoms with van der Waals surface area (Å²) in [5.74, 6) is -1.29. The highest BCUT2D eigenvalue weighted by molar-refractivity contribution is 5.97. The van der Waals surface area contributed by atoms with Gasteiger partial charge in [-0.15, -0.1) is 10.2 Å². The maximum absolute atomic E-state index is 14.2. The molecular weight excluding hydrogens is 542 g/mol. The van der Waals surface area contributed by atoms with E-state index in [1.54, 1.807) is 25.1 Å². The third-order valence-electron chi connectivity index (χ3n) is 7.22. The number of carbonyl (C=O) groups is 2. The Kier molecular flexibility index (Phi) is 7.17. The van der Waals surface area contributed by atoms with Gasteiger partial charge in [0.25, 0.3) is 11.8 Å². The summed E-state index contributed by atoms with van der Waals surface area (Å²) in [5.41, 5.74) is 5.26. The number of nitrogens with zero attached hydrogens (tertiary/aromatic N) is 5. The van der Waals surface area contributed by atoms with Gasteiger partial charge < -0.3 is 10.6 Å². The van der Waals surface area contributed by atoms with Crippen LogP contribution in [0, 0.1) is 18.6 Å². The molecular formula is C30H24F2N8O2. The SMILES string of the molecule is Cc1cc(CNC(=O)c2cc(C(=O)N[C@H]3c4ccc(F)cc4CCc4cc(-c5nn[nH]n5)ccc43)ncn2)ccc1F. The van der Waals surface area contributed by atoms with Crippen LogP contribution in [-0.4, -0.2) is 42.4 Å². The first-order valence-electron chi connectivity index (χ1n) is 13.2. The predicted octanol–water partition coefficient (Wildman–Crippen LogP) is 3.79. The van der Waals surface area contributed by atoms with E-state index in [9.17, 15) is 18.4 Å². The second-order valence-electron chi connectivity index (χ2n) is 9.95. The van der Waals surface area contributed by atoms with Crippen LogP contribution in [0.3, 0.4) is 0 Å². The van der Waals surface area contributed by atoms with Gasteiger partial charge in [-0.1, -0.05) is 30.3 Å². The molecule has 3 N–H and O–H groups in total. The van der Waals surface area contributed by atoms with Crippen molar-refractivity contribution in [2.45, 2.75) is 32.4 Å². The molecule has 0 radical (unpaired) electrons. The molecule has 0 saturated carbocycles. The summed E-state index contributed by atoms with van der Waals surface area (Å²) in [7, 11) is 0. The summed E-state index contributed by atoms with van der Waals surface area (Å²) in [6, 6.07) is 15.5. The second-order valence-corrected chi connectivity index (χ2v) is 9.95. The summed E-state index contributed by atoms with van der Waals surface area (Å²) in [6.45, 7) is 1.80. The van der Waals surface area contributed by atoms with Crippen molar-refractivity contribution in [2.24, 2.45) is 0 Å². The first-order valence-corrected chi connectivity index (χ1v) is 13.2. The Bertz CT molecular complexity index is 1810. The van der Waals surface area contributed by atoms with Crippen molar-refractivity contribution in [3.05, 3.63) is 123 Å². The molecule has 2 heterocycles. The van der Waals surface area contributed by atoms with Gasteiger partial charge in [0, 0.05) is 18.2 Å². The van der Waals surface area contributed by atoms with E-state index in [1.807, 2.05) is 18.2 Å². The molecule has 0 unspecified atom stereocenters. The molecule has 12 heteroatoms. The fourth-order valence-corrected chi connectivity index (χ4v) is 5.09. The van der Waals surface area contributed by atoms with Crippen molar-refractivity contribution in [1.29, 1.82) is 0 Å². The minimum absolute atomic E-state index is 0.00229. The van der Waals surface area contributed by atoms with Gasteiger partial charge in [0.15, 0.2) is 0 Å². The van der Waals surface area contributed by atoms with Crippen LogP contribution in [0.2, 0.25) is 0 Å². The molecule has 0 aliphatic heterocycles. The van der Waals surface area contributed by atoms with Gasteiger partial charge in [-0.2, -0.15) is 5.21 Å². The van der Waals surface area contributed by atoms with Crippen LogP contribution in [0.4, 0.5) is 8.78 Å². The molecule has 0 spiro atoms. The number of hydrogen-bond donors (Lipinski definition) is 3. The molecule has 0 fully saturated rings. The van der Waals surface area contributed by atoms with Gasteiger partial charge in [0.1, 0.15) is 29.3 Å². The van der Waals surface area contributed by atoms with Crippen LogP contribution in [0.25, 0.3) is 11.4 Å². The Labute approximate surface area is 238 Å². The number of aromatic amines is 1. The fourth-order valence-electron chi connectivity index (χ4n) is 5.09. The van der Waals surface area contributed by atoms with Crippen LogP contribution in [-0.2, 0) is 19.4 Å². The highest BCUT2D eigenvalue weighted by Gasteiger charge is 2.27. The standard InChI is InChI=1S/C30H24F2N8O2/c1-16-10-17(2-9-24(16)32)14-33-29(41)25-13-26(35-15-34-25)30(42)36-27-22-7-5-20(28-37-39-40-38-28)11-18(22)3-4-19-12-21(31)6-8-23(19)27/h2,5-13,15,27H,3-4,14H2,1H3,(H,33,41)(H,36,42)(H,37,38,39,40)/t27-/m1/s1. The molecule has 5 aromatic rings. The molecule has 1 aliphatic carbocycles. The van der Waals surface area contributed by atoms with Crippen LogP contribution in [0.1, 0.15) is 60.4 Å². The molecule has 3 aromatic carbocycles. The fraction of sp³-hybridized carbons (Fsp3) is 0.167. The van der Waals surface area contributed by atoms with Crippen molar-refractivity contribution in [3.63, 3.8) is 0 Å². The van der Waals surface area contributed by atoms with E-state index in [2.05, 4.69) is 41.2 Å². The van der Waals surface area contributed by atoms with Gasteiger partial charge in [0.2, 0.25) is 5.82 Å². The number of fused-ring (bicyclic) bond motifs is 2. The molecule has 2 amide bonds. The Morgan fingerprint density at radius 2 is 1.64 bits per heavy atom. The summed E-state index contributed by atoms with van der Waals surface area (Å²) in [4.78, 5) is 34.4. The number of aryl methyl sites for hydroxylation is 3. The van der Waals surface area contributed by atoms with Crippen molar-refractivity contribution < 1.29 is 18.4 Å². The monoisotopic (exact) mass is 566 g/mol. The van der Waals surface area contributed by atoms with E-state index in [0.29, 0.717) is 24.2 Å². The van der Waals surface area contributed by atoms with E-state index in [4.69, 9.17) is 0 Å². The molecule has 0 bridgehead atoms. The molecule has 6 rings (SSSR count). The van der Waals surface area contributed by atoms with Gasteiger partial charge in [-0.05, 0) is 82.6 Å². The lowest BCUT2D eigenvalue weighted by atomic mass is 9.93. The Morgan fingerprint density at radius 3 is 2.38 bits per heavy atom. The second kappa shape index (κ2) is 11.2. The lowest BCUT2D eigenvalue weighted by Gasteiger charge is -2.22. The molecule has 42 heavy (non-hydrogen) atoms. The van der Waals surface area contributed by atoms with E-state index < -0.39 is 17.9 Å². The highest BCUT2D eigenvalue weighted by atomic mass is 19.1.